The molecule has 1 amide bonds. The predicted molar refractivity (Wildman–Crippen MR) is 109 cm³/mol. The number of halogens is 1. The highest BCUT2D eigenvalue weighted by Gasteiger charge is 2.18. The lowest BCUT2D eigenvalue weighted by atomic mass is 10.2. The number of carbonyl (C=O) groups excluding carboxylic acids is 1. The fourth-order valence-electron chi connectivity index (χ4n) is 3.30. The maximum absolute atomic E-state index is 12.5. The second-order valence-corrected chi connectivity index (χ2v) is 7.43. The minimum Gasteiger partial charge on any atom is -0.371 e. The molecule has 1 atom stereocenters. The molecule has 1 fully saturated rings. The van der Waals surface area contributed by atoms with Crippen molar-refractivity contribution in [1.82, 2.24) is 9.78 Å². The maximum atomic E-state index is 12.5. The molecule has 1 saturated heterocycles. The average molecular weight is 381 g/mol. The van der Waals surface area contributed by atoms with E-state index in [1.54, 1.807) is 29.2 Å². The Labute approximate surface area is 163 Å². The van der Waals surface area contributed by atoms with E-state index in [2.05, 4.69) is 34.4 Å². The summed E-state index contributed by atoms with van der Waals surface area (Å²) in [5, 5.41) is 7.85. The summed E-state index contributed by atoms with van der Waals surface area (Å²) >= 11 is 5.91. The van der Waals surface area contributed by atoms with E-state index < -0.39 is 0 Å². The zero-order valence-corrected chi connectivity index (χ0v) is 15.9. The molecule has 0 radical (unpaired) electrons. The van der Waals surface area contributed by atoms with Crippen LogP contribution in [0.5, 0.6) is 0 Å². The van der Waals surface area contributed by atoms with Crippen LogP contribution in [-0.4, -0.2) is 28.8 Å². The zero-order valence-electron chi connectivity index (χ0n) is 15.1. The third kappa shape index (κ3) is 3.98. The van der Waals surface area contributed by atoms with Crippen LogP contribution >= 0.6 is 11.6 Å². The number of hydrogen-bond acceptors (Lipinski definition) is 3. The van der Waals surface area contributed by atoms with Crippen LogP contribution < -0.4 is 10.2 Å². The number of hydrogen-bond donors (Lipinski definition) is 1. The largest absolute Gasteiger partial charge is 0.371 e. The summed E-state index contributed by atoms with van der Waals surface area (Å²) in [7, 11) is 0. The van der Waals surface area contributed by atoms with E-state index in [1.165, 1.54) is 12.1 Å². The monoisotopic (exact) mass is 380 g/mol. The Bertz CT molecular complexity index is 934. The molecule has 6 heteroatoms. The fourth-order valence-corrected chi connectivity index (χ4v) is 3.43. The van der Waals surface area contributed by atoms with Gasteiger partial charge in [-0.3, -0.25) is 4.79 Å². The van der Waals surface area contributed by atoms with Crippen LogP contribution in [0.3, 0.4) is 0 Å². The van der Waals surface area contributed by atoms with Crippen LogP contribution in [0.1, 0.15) is 23.7 Å². The molecule has 1 aliphatic heterocycles. The van der Waals surface area contributed by atoms with Crippen molar-refractivity contribution >= 4 is 28.9 Å². The molecule has 2 aromatic carbocycles. The van der Waals surface area contributed by atoms with Gasteiger partial charge in [-0.15, -0.1) is 0 Å². The Kier molecular flexibility index (Phi) is 4.86. The van der Waals surface area contributed by atoms with Crippen molar-refractivity contribution in [2.24, 2.45) is 5.92 Å². The van der Waals surface area contributed by atoms with Gasteiger partial charge in [0.15, 0.2) is 0 Å². The molecule has 0 saturated carbocycles. The van der Waals surface area contributed by atoms with Gasteiger partial charge in [0.2, 0.25) is 0 Å². The first kappa shape index (κ1) is 17.6. The Balaban J connectivity index is 1.42. The molecule has 0 aliphatic carbocycles. The first-order valence-corrected chi connectivity index (χ1v) is 9.43. The smallest absolute Gasteiger partial charge is 0.258 e. The van der Waals surface area contributed by atoms with Gasteiger partial charge >= 0.3 is 0 Å². The van der Waals surface area contributed by atoms with Crippen LogP contribution in [-0.2, 0) is 0 Å². The minimum absolute atomic E-state index is 0.183. The van der Waals surface area contributed by atoms with Crippen LogP contribution in [0.2, 0.25) is 5.02 Å². The van der Waals surface area contributed by atoms with Crippen molar-refractivity contribution < 1.29 is 4.79 Å². The molecular weight excluding hydrogens is 360 g/mol. The van der Waals surface area contributed by atoms with Crippen LogP contribution in [0.4, 0.5) is 11.4 Å². The molecule has 5 nitrogen and oxygen atoms in total. The predicted octanol–water partition coefficient (Wildman–Crippen LogP) is 4.62. The summed E-state index contributed by atoms with van der Waals surface area (Å²) in [6.45, 7) is 4.46. The minimum atomic E-state index is -0.183. The van der Waals surface area contributed by atoms with Gasteiger partial charge in [-0.05, 0) is 60.9 Å². The van der Waals surface area contributed by atoms with E-state index in [9.17, 15) is 4.79 Å². The fraction of sp³-hybridized carbons (Fsp3) is 0.238. The molecule has 1 unspecified atom stereocenters. The van der Waals surface area contributed by atoms with Crippen molar-refractivity contribution in [3.8, 4) is 5.69 Å². The lowest BCUT2D eigenvalue weighted by Crippen LogP contribution is -2.19. The average Bonchev–Trinajstić information content (AvgIpc) is 3.32. The highest BCUT2D eigenvalue weighted by atomic mass is 35.5. The molecule has 1 aliphatic rings. The summed E-state index contributed by atoms with van der Waals surface area (Å²) in [4.78, 5) is 14.9. The van der Waals surface area contributed by atoms with E-state index in [1.807, 2.05) is 24.3 Å². The quantitative estimate of drug-likeness (QED) is 0.718. The number of anilines is 2. The van der Waals surface area contributed by atoms with Crippen LogP contribution in [0, 0.1) is 5.92 Å². The van der Waals surface area contributed by atoms with E-state index >= 15 is 0 Å². The molecule has 138 valence electrons. The molecule has 1 aromatic heterocycles. The SMILES string of the molecule is CC1CCN(c2ccc(NC(=O)c3cnn(-c4ccc(Cl)cc4)c3)cc2)C1. The number of benzene rings is 2. The number of carbonyl (C=O) groups is 1. The van der Waals surface area contributed by atoms with Crippen molar-refractivity contribution in [1.29, 1.82) is 0 Å². The molecule has 4 rings (SSSR count). The number of nitrogens with zero attached hydrogens (tertiary/aromatic N) is 3. The summed E-state index contributed by atoms with van der Waals surface area (Å²) in [6, 6.07) is 15.3. The van der Waals surface area contributed by atoms with Crippen molar-refractivity contribution in [3.63, 3.8) is 0 Å². The van der Waals surface area contributed by atoms with Gasteiger partial charge in [-0.2, -0.15) is 5.10 Å². The Morgan fingerprint density at radius 1 is 1.11 bits per heavy atom. The van der Waals surface area contributed by atoms with Gasteiger partial charge in [0.1, 0.15) is 0 Å². The molecule has 3 aromatic rings. The second-order valence-electron chi connectivity index (χ2n) is 6.99. The standard InChI is InChI=1S/C21H21ClN4O/c1-15-10-11-25(13-15)19-8-4-18(5-9-19)24-21(27)16-12-23-26(14-16)20-6-2-17(22)3-7-20/h2-9,12,14-15H,10-11,13H2,1H3,(H,24,27). The van der Waals surface area contributed by atoms with Gasteiger partial charge in [0.05, 0.1) is 17.4 Å². The van der Waals surface area contributed by atoms with E-state index in [4.69, 9.17) is 11.6 Å². The molecule has 0 bridgehead atoms. The van der Waals surface area contributed by atoms with E-state index in [-0.39, 0.29) is 5.91 Å². The van der Waals surface area contributed by atoms with E-state index in [0.29, 0.717) is 10.6 Å². The third-order valence-electron chi connectivity index (χ3n) is 4.85. The van der Waals surface area contributed by atoms with Crippen molar-refractivity contribution in [2.75, 3.05) is 23.3 Å². The summed E-state index contributed by atoms with van der Waals surface area (Å²) in [6.07, 6.45) is 4.50. The van der Waals surface area contributed by atoms with Crippen molar-refractivity contribution in [2.45, 2.75) is 13.3 Å². The third-order valence-corrected chi connectivity index (χ3v) is 5.10. The van der Waals surface area contributed by atoms with Crippen LogP contribution in [0.25, 0.3) is 5.69 Å². The van der Waals surface area contributed by atoms with Crippen LogP contribution in [0.15, 0.2) is 60.9 Å². The van der Waals surface area contributed by atoms with Crippen molar-refractivity contribution in [3.05, 3.63) is 71.5 Å². The topological polar surface area (TPSA) is 50.2 Å². The summed E-state index contributed by atoms with van der Waals surface area (Å²) < 4.78 is 1.66. The lowest BCUT2D eigenvalue weighted by Gasteiger charge is -2.18. The van der Waals surface area contributed by atoms with Gasteiger partial charge < -0.3 is 10.2 Å². The Hall–Kier alpha value is -2.79. The number of rotatable bonds is 4. The van der Waals surface area contributed by atoms with Gasteiger partial charge in [-0.25, -0.2) is 4.68 Å². The van der Waals surface area contributed by atoms with Gasteiger partial charge in [-0.1, -0.05) is 18.5 Å². The van der Waals surface area contributed by atoms with E-state index in [0.717, 1.165) is 30.4 Å². The number of nitrogens with one attached hydrogen (secondary N) is 1. The highest BCUT2D eigenvalue weighted by molar-refractivity contribution is 6.30. The first-order chi connectivity index (χ1) is 13.1. The Morgan fingerprint density at radius 2 is 1.81 bits per heavy atom. The van der Waals surface area contributed by atoms with Gasteiger partial charge in [0.25, 0.3) is 5.91 Å². The number of amides is 1. The lowest BCUT2D eigenvalue weighted by molar-refractivity contribution is 0.102. The Morgan fingerprint density at radius 3 is 2.48 bits per heavy atom. The molecule has 2 heterocycles. The summed E-state index contributed by atoms with van der Waals surface area (Å²) in [5.41, 5.74) is 3.33. The molecular formula is C21H21ClN4O. The molecule has 0 spiro atoms. The zero-order chi connectivity index (χ0) is 18.8. The normalized spacial score (nSPS) is 16.5. The highest BCUT2D eigenvalue weighted by Crippen LogP contribution is 2.25. The summed E-state index contributed by atoms with van der Waals surface area (Å²) in [5.74, 6) is 0.555. The molecule has 1 N–H and O–H groups in total. The maximum Gasteiger partial charge on any atom is 0.258 e. The second kappa shape index (κ2) is 7.45. The van der Waals surface area contributed by atoms with Gasteiger partial charge in [0, 0.05) is 35.7 Å². The molecule has 27 heavy (non-hydrogen) atoms. The first-order valence-electron chi connectivity index (χ1n) is 9.05. The number of aromatic nitrogens is 2.